The molecule has 256 valence electrons. The van der Waals surface area contributed by atoms with Crippen LogP contribution in [0.4, 0.5) is 8.78 Å². The molecule has 0 bridgehead atoms. The molecule has 3 aliphatic rings. The molecular formula is C26H26F2N6O12P2. The summed E-state index contributed by atoms with van der Waals surface area (Å²) in [4.78, 5) is 21.2. The topological polar surface area (TPSA) is 232 Å². The van der Waals surface area contributed by atoms with Crippen molar-refractivity contribution in [2.75, 3.05) is 13.2 Å². The van der Waals surface area contributed by atoms with Crippen LogP contribution in [0.3, 0.4) is 0 Å². The first kappa shape index (κ1) is 33.2. The first-order chi connectivity index (χ1) is 22.9. The van der Waals surface area contributed by atoms with Gasteiger partial charge in [-0.05, 0) is 24.3 Å². The van der Waals surface area contributed by atoms with E-state index in [1.54, 1.807) is 12.1 Å². The van der Waals surface area contributed by atoms with Crippen LogP contribution in [0.1, 0.15) is 12.5 Å². The highest BCUT2D eigenvalue weighted by atomic mass is 31.2. The van der Waals surface area contributed by atoms with E-state index in [1.165, 1.54) is 48.8 Å². The molecule has 22 heteroatoms. The first-order valence-electron chi connectivity index (χ1n) is 14.2. The van der Waals surface area contributed by atoms with Gasteiger partial charge in [-0.1, -0.05) is 34.7 Å². The van der Waals surface area contributed by atoms with Crippen LogP contribution >= 0.6 is 15.6 Å². The molecule has 3 aliphatic heterocycles. The SMILES string of the molecule is O=P1(O)OC[C@H]2O[C@@H](n3cc(-c4ccccc4F)nn3)[C@@H](O)C2OP(=O)(O)OC[C@H]2O[C@@H](n3cc(-c4ccccc4F)nn3)[C@@H](O)C2O1. The lowest BCUT2D eigenvalue weighted by atomic mass is 10.1. The Labute approximate surface area is 268 Å². The summed E-state index contributed by atoms with van der Waals surface area (Å²) < 4.78 is 88.9. The van der Waals surface area contributed by atoms with E-state index in [0.717, 1.165) is 9.36 Å². The third-order valence-electron chi connectivity index (χ3n) is 7.77. The minimum absolute atomic E-state index is 0.0779. The van der Waals surface area contributed by atoms with Gasteiger partial charge >= 0.3 is 15.6 Å². The largest absolute Gasteiger partial charge is 0.472 e. The van der Waals surface area contributed by atoms with Crippen LogP contribution in [-0.2, 0) is 36.7 Å². The predicted octanol–water partition coefficient (Wildman–Crippen LogP) is 1.72. The number of benzene rings is 2. The van der Waals surface area contributed by atoms with Gasteiger partial charge in [0, 0.05) is 11.1 Å². The zero-order valence-electron chi connectivity index (χ0n) is 24.2. The quantitative estimate of drug-likeness (QED) is 0.220. The molecule has 3 saturated heterocycles. The summed E-state index contributed by atoms with van der Waals surface area (Å²) in [5, 5.41) is 37.6. The van der Waals surface area contributed by atoms with Gasteiger partial charge in [-0.2, -0.15) is 0 Å². The van der Waals surface area contributed by atoms with Crippen molar-refractivity contribution in [1.82, 2.24) is 30.0 Å². The number of phosphoric acid groups is 2. The highest BCUT2D eigenvalue weighted by Gasteiger charge is 2.54. The second kappa shape index (κ2) is 12.8. The van der Waals surface area contributed by atoms with Crippen LogP contribution in [0.25, 0.3) is 22.5 Å². The fourth-order valence-corrected chi connectivity index (χ4v) is 7.42. The summed E-state index contributed by atoms with van der Waals surface area (Å²) in [6, 6.07) is 11.4. The standard InChI is InChI=1S/C26H26F2N6O12P2/c27-15-7-3-1-5-13(15)17-9-33(31-29-17)25-21(35)23-19(43-25)11-41-48(39,40)46-24-20(12-42-47(37,38)45-23)44-26(22(24)36)34-10-18(30-32-34)14-6-2-4-8-16(14)28/h1-10,19-26,35-36H,11-12H2,(H,37,38)(H,39,40)/t19-,20-,21+,22+,23?,24?,25-,26-/m1/s1. The Kier molecular flexibility index (Phi) is 8.86. The van der Waals surface area contributed by atoms with Gasteiger partial charge in [-0.3, -0.25) is 18.1 Å². The Hall–Kier alpha value is -3.36. The number of hydrogen-bond acceptors (Lipinski definition) is 14. The molecule has 0 amide bonds. The molecule has 0 spiro atoms. The van der Waals surface area contributed by atoms with Gasteiger partial charge in [-0.25, -0.2) is 27.3 Å². The Morgan fingerprint density at radius 3 is 1.48 bits per heavy atom. The average molecular weight is 714 g/mol. The summed E-state index contributed by atoms with van der Waals surface area (Å²) in [7, 11) is -10.1. The Balaban J connectivity index is 1.11. The maximum Gasteiger partial charge on any atom is 0.472 e. The summed E-state index contributed by atoms with van der Waals surface area (Å²) in [6.45, 7) is -1.68. The van der Waals surface area contributed by atoms with Crippen LogP contribution < -0.4 is 0 Å². The highest BCUT2D eigenvalue weighted by molar-refractivity contribution is 7.47. The number of phosphoric ester groups is 2. The Morgan fingerprint density at radius 2 is 1.08 bits per heavy atom. The molecule has 2 aromatic carbocycles. The van der Waals surface area contributed by atoms with E-state index in [1.807, 2.05) is 0 Å². The number of aliphatic hydroxyl groups is 2. The minimum atomic E-state index is -5.06. The normalized spacial score (nSPS) is 35.8. The smallest absolute Gasteiger partial charge is 0.385 e. The van der Waals surface area contributed by atoms with Gasteiger partial charge in [0.05, 0.1) is 25.6 Å². The van der Waals surface area contributed by atoms with Crippen LogP contribution in [0, 0.1) is 11.6 Å². The molecular weight excluding hydrogens is 688 g/mol. The van der Waals surface area contributed by atoms with Crippen molar-refractivity contribution in [1.29, 1.82) is 0 Å². The number of rotatable bonds is 4. The van der Waals surface area contributed by atoms with Gasteiger partial charge in [0.25, 0.3) is 0 Å². The number of halogens is 2. The number of nitrogens with zero attached hydrogens (tertiary/aromatic N) is 6. The maximum absolute atomic E-state index is 14.3. The molecule has 18 nitrogen and oxygen atoms in total. The third kappa shape index (κ3) is 6.50. The predicted molar refractivity (Wildman–Crippen MR) is 152 cm³/mol. The minimum Gasteiger partial charge on any atom is -0.385 e. The summed E-state index contributed by atoms with van der Waals surface area (Å²) in [5.74, 6) is -1.18. The maximum atomic E-state index is 14.3. The van der Waals surface area contributed by atoms with E-state index in [9.17, 15) is 37.9 Å². The molecule has 0 aliphatic carbocycles. The van der Waals surface area contributed by atoms with Gasteiger partial charge < -0.3 is 29.5 Å². The van der Waals surface area contributed by atoms with Gasteiger partial charge in [0.1, 0.15) is 59.6 Å². The van der Waals surface area contributed by atoms with Gasteiger partial charge in [0.2, 0.25) is 0 Å². The zero-order chi connectivity index (χ0) is 33.8. The van der Waals surface area contributed by atoms with E-state index >= 15 is 0 Å². The molecule has 48 heavy (non-hydrogen) atoms. The van der Waals surface area contributed by atoms with Crippen LogP contribution in [-0.4, -0.2) is 99.8 Å². The van der Waals surface area contributed by atoms with Crippen LogP contribution in [0.5, 0.6) is 0 Å². The lowest BCUT2D eigenvalue weighted by Crippen LogP contribution is -2.39. The fourth-order valence-electron chi connectivity index (χ4n) is 5.50. The number of ether oxygens (including phenoxy) is 2. The van der Waals surface area contributed by atoms with Crippen LogP contribution in [0.15, 0.2) is 60.9 Å². The Bertz CT molecular complexity index is 1770. The van der Waals surface area contributed by atoms with Gasteiger partial charge in [-0.15, -0.1) is 10.2 Å². The van der Waals surface area contributed by atoms with E-state index in [0.29, 0.717) is 0 Å². The van der Waals surface area contributed by atoms with E-state index < -0.39 is 89.6 Å². The first-order valence-corrected chi connectivity index (χ1v) is 17.2. The van der Waals surface area contributed by atoms with Crippen molar-refractivity contribution >= 4 is 15.6 Å². The third-order valence-corrected chi connectivity index (χ3v) is 9.74. The van der Waals surface area contributed by atoms with Crippen molar-refractivity contribution in [2.24, 2.45) is 0 Å². The van der Waals surface area contributed by atoms with Crippen molar-refractivity contribution in [3.05, 3.63) is 72.6 Å². The highest BCUT2D eigenvalue weighted by Crippen LogP contribution is 2.53. The molecule has 10 atom stereocenters. The number of aromatic nitrogens is 6. The number of hydrogen-bond donors (Lipinski definition) is 4. The van der Waals surface area contributed by atoms with E-state index in [2.05, 4.69) is 20.6 Å². The lowest BCUT2D eigenvalue weighted by Gasteiger charge is -2.27. The molecule has 2 aromatic heterocycles. The fraction of sp³-hybridized carbons (Fsp3) is 0.385. The molecule has 3 fully saturated rings. The van der Waals surface area contributed by atoms with Crippen molar-refractivity contribution in [3.8, 4) is 22.5 Å². The molecule has 0 radical (unpaired) electrons. The monoisotopic (exact) mass is 714 g/mol. The van der Waals surface area contributed by atoms with E-state index in [-0.39, 0.29) is 22.5 Å². The summed E-state index contributed by atoms with van der Waals surface area (Å²) in [5.41, 5.74) is 0.351. The molecule has 4 N–H and O–H groups in total. The second-order valence-electron chi connectivity index (χ2n) is 10.9. The lowest BCUT2D eigenvalue weighted by molar-refractivity contribution is -0.0710. The average Bonchev–Trinajstić information content (AvgIpc) is 3.84. The van der Waals surface area contributed by atoms with Crippen molar-refractivity contribution in [2.45, 2.75) is 49.1 Å². The molecule has 7 rings (SSSR count). The van der Waals surface area contributed by atoms with Crippen molar-refractivity contribution < 1.29 is 65.5 Å². The number of fused-ring (bicyclic) bond motifs is 2. The van der Waals surface area contributed by atoms with E-state index in [4.69, 9.17) is 27.6 Å². The Morgan fingerprint density at radius 1 is 0.688 bits per heavy atom. The van der Waals surface area contributed by atoms with Crippen molar-refractivity contribution in [3.63, 3.8) is 0 Å². The van der Waals surface area contributed by atoms with Gasteiger partial charge in [0.15, 0.2) is 12.5 Å². The zero-order valence-corrected chi connectivity index (χ0v) is 26.0. The second-order valence-corrected chi connectivity index (χ2v) is 13.7. The molecule has 0 saturated carbocycles. The molecule has 4 aromatic rings. The molecule has 4 unspecified atom stereocenters. The number of aliphatic hydroxyl groups excluding tert-OH is 2. The summed E-state index contributed by atoms with van der Waals surface area (Å²) in [6.07, 6.45) is -10.3. The summed E-state index contributed by atoms with van der Waals surface area (Å²) >= 11 is 0. The van der Waals surface area contributed by atoms with Crippen LogP contribution in [0.2, 0.25) is 0 Å². The molecule has 5 heterocycles.